The maximum Gasteiger partial charge on any atom is 0.315 e. The van der Waals surface area contributed by atoms with Gasteiger partial charge in [-0.05, 0) is 32.2 Å². The predicted octanol–water partition coefficient (Wildman–Crippen LogP) is 1.05. The van der Waals surface area contributed by atoms with E-state index in [0.717, 1.165) is 32.2 Å². The summed E-state index contributed by atoms with van der Waals surface area (Å²) in [4.78, 5) is 13.0. The lowest BCUT2D eigenvalue weighted by molar-refractivity contribution is 0.180. The van der Waals surface area contributed by atoms with Gasteiger partial charge >= 0.3 is 6.03 Å². The van der Waals surface area contributed by atoms with Crippen LogP contribution < -0.4 is 11.5 Å². The van der Waals surface area contributed by atoms with Crippen LogP contribution in [0.3, 0.4) is 0 Å². The van der Waals surface area contributed by atoms with E-state index < -0.39 is 0 Å². The van der Waals surface area contributed by atoms with E-state index in [0.29, 0.717) is 12.6 Å². The first-order valence-corrected chi connectivity index (χ1v) is 5.52. The molecule has 1 rings (SSSR count). The van der Waals surface area contributed by atoms with Crippen LogP contribution in [0.15, 0.2) is 0 Å². The molecular weight excluding hydrogens is 178 g/mol. The highest BCUT2D eigenvalue weighted by Gasteiger charge is 2.22. The van der Waals surface area contributed by atoms with Crippen LogP contribution in [0.2, 0.25) is 0 Å². The lowest BCUT2D eigenvalue weighted by Crippen LogP contribution is -2.43. The van der Waals surface area contributed by atoms with Crippen LogP contribution in [0.4, 0.5) is 4.79 Å². The lowest BCUT2D eigenvalue weighted by atomic mass is 10.0. The molecule has 0 bridgehead atoms. The highest BCUT2D eigenvalue weighted by Crippen LogP contribution is 2.19. The number of hydrogen-bond donors (Lipinski definition) is 2. The van der Waals surface area contributed by atoms with Crippen molar-refractivity contribution in [2.75, 3.05) is 13.1 Å². The van der Waals surface area contributed by atoms with E-state index in [1.807, 2.05) is 4.90 Å². The molecule has 0 aromatic carbocycles. The molecule has 1 aliphatic rings. The van der Waals surface area contributed by atoms with Gasteiger partial charge in [0.2, 0.25) is 0 Å². The van der Waals surface area contributed by atoms with Crippen molar-refractivity contribution in [3.05, 3.63) is 0 Å². The minimum absolute atomic E-state index is 0.270. The Morgan fingerprint density at radius 3 is 2.79 bits per heavy atom. The number of carbonyl (C=O) groups excluding carboxylic acids is 1. The van der Waals surface area contributed by atoms with Gasteiger partial charge in [-0.25, -0.2) is 4.79 Å². The molecule has 0 aliphatic carbocycles. The van der Waals surface area contributed by atoms with Crippen LogP contribution in [-0.2, 0) is 0 Å². The van der Waals surface area contributed by atoms with E-state index in [2.05, 4.69) is 0 Å². The van der Waals surface area contributed by atoms with E-state index >= 15 is 0 Å². The van der Waals surface area contributed by atoms with Crippen molar-refractivity contribution in [1.29, 1.82) is 0 Å². The summed E-state index contributed by atoms with van der Waals surface area (Å²) in [6.07, 6.45) is 6.57. The fourth-order valence-electron chi connectivity index (χ4n) is 2.12. The van der Waals surface area contributed by atoms with Crippen molar-refractivity contribution >= 4 is 6.03 Å². The number of hydrogen-bond acceptors (Lipinski definition) is 2. The van der Waals surface area contributed by atoms with Crippen molar-refractivity contribution in [3.8, 4) is 0 Å². The maximum atomic E-state index is 11.2. The largest absolute Gasteiger partial charge is 0.351 e. The molecular formula is C10H21N3O. The number of nitrogens with two attached hydrogens (primary N) is 2. The Bertz CT molecular complexity index is 184. The minimum atomic E-state index is -0.270. The van der Waals surface area contributed by atoms with Crippen LogP contribution >= 0.6 is 0 Å². The summed E-state index contributed by atoms with van der Waals surface area (Å²) >= 11 is 0. The second-order valence-corrected chi connectivity index (χ2v) is 3.97. The van der Waals surface area contributed by atoms with Gasteiger partial charge in [0.15, 0.2) is 0 Å². The van der Waals surface area contributed by atoms with Gasteiger partial charge in [0.25, 0.3) is 0 Å². The Hall–Kier alpha value is -0.770. The van der Waals surface area contributed by atoms with Crippen LogP contribution in [0.25, 0.3) is 0 Å². The standard InChI is InChI=1S/C10H21N3O/c11-7-4-6-9-5-2-1-3-8-13(9)10(12)14/h9H,1-8,11H2,(H2,12,14). The number of amides is 2. The smallest absolute Gasteiger partial charge is 0.315 e. The topological polar surface area (TPSA) is 72.3 Å². The first kappa shape index (κ1) is 11.3. The average Bonchev–Trinajstić information content (AvgIpc) is 2.39. The number of likely N-dealkylation sites (tertiary alicyclic amines) is 1. The Labute approximate surface area is 85.6 Å². The number of urea groups is 1. The monoisotopic (exact) mass is 199 g/mol. The van der Waals surface area contributed by atoms with Gasteiger partial charge in [0, 0.05) is 12.6 Å². The Morgan fingerprint density at radius 2 is 2.14 bits per heavy atom. The van der Waals surface area contributed by atoms with E-state index in [1.54, 1.807) is 0 Å². The van der Waals surface area contributed by atoms with Gasteiger partial charge in [0.1, 0.15) is 0 Å². The second kappa shape index (κ2) is 5.86. The van der Waals surface area contributed by atoms with Crippen molar-refractivity contribution in [2.24, 2.45) is 11.5 Å². The summed E-state index contributed by atoms with van der Waals surface area (Å²) in [7, 11) is 0. The highest BCUT2D eigenvalue weighted by molar-refractivity contribution is 5.72. The zero-order chi connectivity index (χ0) is 10.4. The summed E-state index contributed by atoms with van der Waals surface area (Å²) < 4.78 is 0. The van der Waals surface area contributed by atoms with Gasteiger partial charge in [0.05, 0.1) is 0 Å². The highest BCUT2D eigenvalue weighted by atomic mass is 16.2. The normalized spacial score (nSPS) is 23.2. The SMILES string of the molecule is NCCCC1CCCCCN1C(N)=O. The molecule has 1 atom stereocenters. The maximum absolute atomic E-state index is 11.2. The van der Waals surface area contributed by atoms with Crippen molar-refractivity contribution in [1.82, 2.24) is 4.90 Å². The molecule has 1 aliphatic heterocycles. The summed E-state index contributed by atoms with van der Waals surface area (Å²) in [5, 5.41) is 0. The molecule has 0 radical (unpaired) electrons. The average molecular weight is 199 g/mol. The van der Waals surface area contributed by atoms with Gasteiger partial charge < -0.3 is 16.4 Å². The lowest BCUT2D eigenvalue weighted by Gasteiger charge is -2.28. The molecule has 0 spiro atoms. The fourth-order valence-corrected chi connectivity index (χ4v) is 2.12. The van der Waals surface area contributed by atoms with Crippen molar-refractivity contribution in [3.63, 3.8) is 0 Å². The number of primary amides is 1. The second-order valence-electron chi connectivity index (χ2n) is 3.97. The molecule has 0 aromatic heterocycles. The number of nitrogens with zero attached hydrogens (tertiary/aromatic N) is 1. The van der Waals surface area contributed by atoms with Gasteiger partial charge in [-0.3, -0.25) is 0 Å². The van der Waals surface area contributed by atoms with E-state index in [4.69, 9.17) is 11.5 Å². The fraction of sp³-hybridized carbons (Fsp3) is 0.900. The summed E-state index contributed by atoms with van der Waals surface area (Å²) in [6.45, 7) is 1.52. The van der Waals surface area contributed by atoms with E-state index in [1.165, 1.54) is 12.8 Å². The van der Waals surface area contributed by atoms with E-state index in [-0.39, 0.29) is 6.03 Å². The van der Waals surface area contributed by atoms with Gasteiger partial charge in [-0.1, -0.05) is 12.8 Å². The molecule has 1 unspecified atom stereocenters. The summed E-state index contributed by atoms with van der Waals surface area (Å²) in [6, 6.07) is 0.0625. The minimum Gasteiger partial charge on any atom is -0.351 e. The molecule has 2 amide bonds. The molecule has 14 heavy (non-hydrogen) atoms. The predicted molar refractivity (Wildman–Crippen MR) is 56.8 cm³/mol. The Balaban J connectivity index is 2.50. The zero-order valence-corrected chi connectivity index (χ0v) is 8.74. The van der Waals surface area contributed by atoms with Crippen LogP contribution in [0, 0.1) is 0 Å². The Kier molecular flexibility index (Phi) is 4.73. The molecule has 0 aromatic rings. The van der Waals surface area contributed by atoms with Crippen LogP contribution in [0.5, 0.6) is 0 Å². The third kappa shape index (κ3) is 3.18. The molecule has 1 fully saturated rings. The van der Waals surface area contributed by atoms with Gasteiger partial charge in [-0.15, -0.1) is 0 Å². The van der Waals surface area contributed by atoms with Crippen LogP contribution in [0.1, 0.15) is 38.5 Å². The third-order valence-corrected chi connectivity index (χ3v) is 2.90. The first-order valence-electron chi connectivity index (χ1n) is 5.52. The van der Waals surface area contributed by atoms with Crippen molar-refractivity contribution in [2.45, 2.75) is 44.6 Å². The molecule has 4 heteroatoms. The Morgan fingerprint density at radius 1 is 1.36 bits per heavy atom. The molecule has 82 valence electrons. The molecule has 4 nitrogen and oxygen atoms in total. The third-order valence-electron chi connectivity index (χ3n) is 2.90. The molecule has 1 heterocycles. The summed E-state index contributed by atoms with van der Waals surface area (Å²) in [5.74, 6) is 0. The zero-order valence-electron chi connectivity index (χ0n) is 8.74. The van der Waals surface area contributed by atoms with Crippen molar-refractivity contribution < 1.29 is 4.79 Å². The molecule has 1 saturated heterocycles. The van der Waals surface area contributed by atoms with Gasteiger partial charge in [-0.2, -0.15) is 0 Å². The number of carbonyl (C=O) groups is 1. The number of rotatable bonds is 3. The van der Waals surface area contributed by atoms with E-state index in [9.17, 15) is 4.79 Å². The molecule has 4 N–H and O–H groups in total. The first-order chi connectivity index (χ1) is 6.75. The quantitative estimate of drug-likeness (QED) is 0.713. The summed E-state index contributed by atoms with van der Waals surface area (Å²) in [5.41, 5.74) is 10.8. The molecule has 0 saturated carbocycles. The van der Waals surface area contributed by atoms with Crippen LogP contribution in [-0.4, -0.2) is 30.1 Å².